The van der Waals surface area contributed by atoms with E-state index < -0.39 is 47.3 Å². The number of alkyl halides is 2. The molecule has 0 bridgehead atoms. The lowest BCUT2D eigenvalue weighted by Crippen LogP contribution is -2.32. The Hall–Kier alpha value is -6.72. The number of carbonyl (C=O) groups is 6. The van der Waals surface area contributed by atoms with Gasteiger partial charge < -0.3 is 30.7 Å². The van der Waals surface area contributed by atoms with Gasteiger partial charge >= 0.3 is 0 Å². The standard InChI is InChI=1S/C48H46Cl4N8O8/c1-7-67-40-23-35(55-47(65)42(27(5)61)59-57-33-15-17-38(51)36(21-33)45(63)53-31-13-9-11-29(19-31)25(3)49)24-41(68-8-2)44(40)56-48(66)43(28(6)62)60-58-34-16-18-39(52)37(22-34)46(64)54-32-14-10-12-30(20-32)26(4)50/h9-26,42-43H,7-8H2,1-6H3,(H,53,63)(H,54,64)(H,55,65)(H,56,66). The smallest absolute Gasteiger partial charge is 0.259 e. The maximum atomic E-state index is 13.8. The highest BCUT2D eigenvalue weighted by atomic mass is 35.5. The van der Waals surface area contributed by atoms with Crippen molar-refractivity contribution in [2.45, 2.75) is 64.4 Å². The van der Waals surface area contributed by atoms with Gasteiger partial charge in [-0.25, -0.2) is 0 Å². The fourth-order valence-electron chi connectivity index (χ4n) is 6.24. The van der Waals surface area contributed by atoms with Crippen LogP contribution < -0.4 is 30.7 Å². The number of azo groups is 2. The van der Waals surface area contributed by atoms with Crippen LogP contribution in [-0.4, -0.2) is 60.5 Å². The third-order valence-corrected chi connectivity index (χ3v) is 10.8. The van der Waals surface area contributed by atoms with Crippen LogP contribution in [0.2, 0.25) is 10.0 Å². The summed E-state index contributed by atoms with van der Waals surface area (Å²) in [6.45, 7) is 9.47. The van der Waals surface area contributed by atoms with Gasteiger partial charge in [-0.2, -0.15) is 20.5 Å². The number of anilines is 4. The van der Waals surface area contributed by atoms with Crippen LogP contribution in [0.1, 0.15) is 84.1 Å². The maximum absolute atomic E-state index is 13.8. The predicted molar refractivity (Wildman–Crippen MR) is 264 cm³/mol. The number of benzene rings is 5. The molecule has 0 saturated carbocycles. The molecule has 5 aromatic rings. The number of halogens is 4. The first-order valence-corrected chi connectivity index (χ1v) is 22.6. The summed E-state index contributed by atoms with van der Waals surface area (Å²) < 4.78 is 11.7. The van der Waals surface area contributed by atoms with Crippen LogP contribution in [0.3, 0.4) is 0 Å². The van der Waals surface area contributed by atoms with E-state index in [1.807, 2.05) is 12.1 Å². The summed E-state index contributed by atoms with van der Waals surface area (Å²) in [6, 6.07) is 21.9. The Balaban J connectivity index is 1.33. The van der Waals surface area contributed by atoms with E-state index in [4.69, 9.17) is 55.9 Å². The zero-order chi connectivity index (χ0) is 49.7. The minimum absolute atomic E-state index is 0.00271. The largest absolute Gasteiger partial charge is 0.491 e. The van der Waals surface area contributed by atoms with E-state index >= 15 is 0 Å². The Kier molecular flexibility index (Phi) is 18.7. The molecule has 4 N–H and O–H groups in total. The minimum Gasteiger partial charge on any atom is -0.491 e. The summed E-state index contributed by atoms with van der Waals surface area (Å²) in [5.74, 6) is -4.15. The molecular weight excluding hydrogens is 958 g/mol. The van der Waals surface area contributed by atoms with E-state index in [2.05, 4.69) is 41.7 Å². The number of hydrogen-bond acceptors (Lipinski definition) is 12. The van der Waals surface area contributed by atoms with Gasteiger partial charge in [0.05, 0.1) is 56.5 Å². The first-order valence-electron chi connectivity index (χ1n) is 21.0. The SMILES string of the molecule is CCOc1cc(NC(=O)C(N=Nc2ccc(Cl)c(C(=O)Nc3cccc(C(C)Cl)c3)c2)C(C)=O)cc(OCC)c1NC(=O)C(N=Nc1ccc(Cl)c(C(=O)Nc2cccc(C(C)Cl)c2)c1)C(C)=O. The van der Waals surface area contributed by atoms with Gasteiger partial charge in [0, 0.05) is 29.2 Å². The average molecular weight is 1000 g/mol. The Bertz CT molecular complexity index is 2760. The highest BCUT2D eigenvalue weighted by Gasteiger charge is 2.28. The molecule has 5 aromatic carbocycles. The van der Waals surface area contributed by atoms with Gasteiger partial charge in [0.1, 0.15) is 17.2 Å². The van der Waals surface area contributed by atoms with Crippen LogP contribution in [0.5, 0.6) is 11.5 Å². The highest BCUT2D eigenvalue weighted by Crippen LogP contribution is 2.39. The van der Waals surface area contributed by atoms with E-state index in [9.17, 15) is 28.8 Å². The first-order chi connectivity index (χ1) is 32.4. The fraction of sp³-hybridized carbons (Fsp3) is 0.250. The lowest BCUT2D eigenvalue weighted by atomic mass is 10.1. The Morgan fingerprint density at radius 1 is 0.544 bits per heavy atom. The number of nitrogens with zero attached hydrogens (tertiary/aromatic N) is 4. The van der Waals surface area contributed by atoms with E-state index in [0.717, 1.165) is 25.0 Å². The molecular formula is C48H46Cl4N8O8. The molecule has 0 saturated heterocycles. The lowest BCUT2D eigenvalue weighted by Gasteiger charge is -2.19. The molecule has 0 spiro atoms. The van der Waals surface area contributed by atoms with Crippen molar-refractivity contribution in [3.8, 4) is 11.5 Å². The Morgan fingerprint density at radius 2 is 0.956 bits per heavy atom. The van der Waals surface area contributed by atoms with E-state index in [1.165, 1.54) is 48.5 Å². The van der Waals surface area contributed by atoms with Crippen molar-refractivity contribution >= 4 is 116 Å². The van der Waals surface area contributed by atoms with Gasteiger partial charge in [-0.1, -0.05) is 47.5 Å². The summed E-state index contributed by atoms with van der Waals surface area (Å²) in [5.41, 5.74) is 3.03. The number of hydrogen-bond donors (Lipinski definition) is 4. The third kappa shape index (κ3) is 14.2. The van der Waals surface area contributed by atoms with Crippen molar-refractivity contribution in [3.05, 3.63) is 129 Å². The van der Waals surface area contributed by atoms with Crippen LogP contribution in [-0.2, 0) is 19.2 Å². The highest BCUT2D eigenvalue weighted by molar-refractivity contribution is 6.35. The van der Waals surface area contributed by atoms with Gasteiger partial charge in [-0.15, -0.1) is 23.2 Å². The van der Waals surface area contributed by atoms with Crippen LogP contribution >= 0.6 is 46.4 Å². The molecule has 4 unspecified atom stereocenters. The van der Waals surface area contributed by atoms with Crippen molar-refractivity contribution in [1.29, 1.82) is 0 Å². The van der Waals surface area contributed by atoms with Gasteiger partial charge in [-0.3, -0.25) is 28.8 Å². The zero-order valence-corrected chi connectivity index (χ0v) is 40.6. The molecule has 5 rings (SSSR count). The van der Waals surface area contributed by atoms with E-state index in [-0.39, 0.29) is 79.4 Å². The number of rotatable bonds is 20. The summed E-state index contributed by atoms with van der Waals surface area (Å²) >= 11 is 25.1. The number of carbonyl (C=O) groups excluding carboxylic acids is 6. The van der Waals surface area contributed by atoms with Crippen LogP contribution in [0.15, 0.2) is 118 Å². The van der Waals surface area contributed by atoms with Crippen molar-refractivity contribution in [2.75, 3.05) is 34.5 Å². The monoisotopic (exact) mass is 1000 g/mol. The van der Waals surface area contributed by atoms with Crippen molar-refractivity contribution in [1.82, 2.24) is 0 Å². The van der Waals surface area contributed by atoms with Gasteiger partial charge in [0.25, 0.3) is 23.6 Å². The maximum Gasteiger partial charge on any atom is 0.259 e. The number of amides is 4. The summed E-state index contributed by atoms with van der Waals surface area (Å²) in [7, 11) is 0. The van der Waals surface area contributed by atoms with Crippen molar-refractivity contribution in [3.63, 3.8) is 0 Å². The molecule has 0 aliphatic heterocycles. The molecule has 0 aliphatic rings. The van der Waals surface area contributed by atoms with E-state index in [0.29, 0.717) is 11.4 Å². The quantitative estimate of drug-likeness (QED) is 0.0333. The molecule has 4 atom stereocenters. The molecule has 20 heteroatoms. The predicted octanol–water partition coefficient (Wildman–Crippen LogP) is 12.3. The third-order valence-electron chi connectivity index (χ3n) is 9.62. The van der Waals surface area contributed by atoms with Crippen LogP contribution in [0.4, 0.5) is 34.1 Å². The number of Topliss-reactive ketones (excluding diaryl/α,β-unsaturated/α-hetero) is 2. The molecule has 0 radical (unpaired) electrons. The molecule has 0 aliphatic carbocycles. The first kappa shape index (κ1) is 52.3. The summed E-state index contributed by atoms with van der Waals surface area (Å²) in [6.07, 6.45) is 0. The zero-order valence-electron chi connectivity index (χ0n) is 37.5. The topological polar surface area (TPSA) is 218 Å². The fourth-order valence-corrected chi connectivity index (χ4v) is 6.91. The molecule has 0 fully saturated rings. The normalized spacial score (nSPS) is 13.0. The van der Waals surface area contributed by atoms with Gasteiger partial charge in [0.2, 0.25) is 12.1 Å². The minimum atomic E-state index is -1.67. The molecule has 354 valence electrons. The average Bonchev–Trinajstić information content (AvgIpc) is 3.28. The second-order valence-corrected chi connectivity index (χ2v) is 17.0. The Labute approximate surface area is 412 Å². The second-order valence-electron chi connectivity index (χ2n) is 14.9. The molecule has 4 amide bonds. The Morgan fingerprint density at radius 3 is 1.34 bits per heavy atom. The van der Waals surface area contributed by atoms with Gasteiger partial charge in [-0.05, 0) is 113 Å². The second kappa shape index (κ2) is 24.3. The number of nitrogens with one attached hydrogen (secondary N) is 4. The van der Waals surface area contributed by atoms with E-state index in [1.54, 1.807) is 64.1 Å². The number of ether oxygens (including phenoxy) is 2. The molecule has 68 heavy (non-hydrogen) atoms. The lowest BCUT2D eigenvalue weighted by molar-refractivity contribution is -0.127. The molecule has 0 aromatic heterocycles. The summed E-state index contributed by atoms with van der Waals surface area (Å²) in [5, 5.41) is 26.7. The van der Waals surface area contributed by atoms with Crippen LogP contribution in [0, 0.1) is 0 Å². The van der Waals surface area contributed by atoms with Crippen LogP contribution in [0.25, 0.3) is 0 Å². The number of ketones is 2. The van der Waals surface area contributed by atoms with Gasteiger partial charge in [0.15, 0.2) is 11.6 Å². The molecule has 0 heterocycles. The molecule has 16 nitrogen and oxygen atoms in total. The van der Waals surface area contributed by atoms with Crippen molar-refractivity contribution < 1.29 is 38.2 Å². The van der Waals surface area contributed by atoms with Crippen molar-refractivity contribution in [2.24, 2.45) is 20.5 Å². The summed E-state index contributed by atoms with van der Waals surface area (Å²) in [4.78, 5) is 79.4.